The van der Waals surface area contributed by atoms with Gasteiger partial charge in [-0.2, -0.15) is 5.10 Å². The Labute approximate surface area is 439 Å². The Morgan fingerprint density at radius 1 is 0.838 bits per heavy atom. The Bertz CT molecular complexity index is 3130. The minimum absolute atomic E-state index is 0.00421. The number of aliphatic hydroxyl groups is 1. The van der Waals surface area contributed by atoms with Gasteiger partial charge in [0.15, 0.2) is 0 Å². The van der Waals surface area contributed by atoms with Crippen molar-refractivity contribution in [3.8, 4) is 49.3 Å². The molecule has 1 aliphatic heterocycles. The standard InChI is InChI=1S/C58H62N6O8S2/c1-35(38-16-18-39(19-17-38)52-36(2)59-34-73-52)61-56(70)48-30-45(67)33-64(48)57(71)54(58(3,4)5)62-50(68)13-8-6-7-9-28-72-46-25-14-37(15-26-46)32-60-63-55(69)42-12-10-11-41(29-42)51-47-27-24-44(66)31-49(47)74-53(51)40-20-22-43(65)23-21-40/h10-12,14-27,29,31-32,34-35,45,48,54,65-67H,6-9,13,28,30,33H2,1-5H3,(H,61,70)(H,62,68)(H,63,69). The van der Waals surface area contributed by atoms with Crippen LogP contribution in [0.3, 0.4) is 0 Å². The summed E-state index contributed by atoms with van der Waals surface area (Å²) in [6.45, 7) is 9.98. The Kier molecular flexibility index (Phi) is 16.9. The number of rotatable bonds is 19. The summed E-state index contributed by atoms with van der Waals surface area (Å²) in [6, 6.07) is 32.7. The maximum Gasteiger partial charge on any atom is 0.271 e. The van der Waals surface area contributed by atoms with Crippen LogP contribution in [0, 0.1) is 12.3 Å². The number of hydrogen-bond donors (Lipinski definition) is 6. The number of β-amino-alcohol motifs (C(OH)–C–C–N with tert-alkyl or cyclic N) is 1. The van der Waals surface area contributed by atoms with Gasteiger partial charge in [0, 0.05) is 45.5 Å². The molecule has 3 heterocycles. The molecule has 1 fully saturated rings. The lowest BCUT2D eigenvalue weighted by atomic mass is 9.85. The van der Waals surface area contributed by atoms with Crippen LogP contribution < -0.4 is 20.8 Å². The molecule has 14 nitrogen and oxygen atoms in total. The zero-order valence-corrected chi connectivity index (χ0v) is 43.8. The van der Waals surface area contributed by atoms with Gasteiger partial charge in [0.05, 0.1) is 41.0 Å². The predicted molar refractivity (Wildman–Crippen MR) is 292 cm³/mol. The number of amides is 4. The van der Waals surface area contributed by atoms with Crippen LogP contribution in [0.4, 0.5) is 0 Å². The smallest absolute Gasteiger partial charge is 0.271 e. The largest absolute Gasteiger partial charge is 0.508 e. The molecule has 4 atom stereocenters. The van der Waals surface area contributed by atoms with E-state index in [1.54, 1.807) is 47.9 Å². The molecule has 4 unspecified atom stereocenters. The molecule has 1 aliphatic rings. The zero-order valence-electron chi connectivity index (χ0n) is 42.1. The number of carbonyl (C=O) groups excluding carboxylic acids is 4. The van der Waals surface area contributed by atoms with Crippen LogP contribution in [-0.4, -0.2) is 86.4 Å². The number of aliphatic hydroxyl groups excluding tert-OH is 1. The molecule has 16 heteroatoms. The van der Waals surface area contributed by atoms with Gasteiger partial charge in [-0.1, -0.05) is 70.0 Å². The summed E-state index contributed by atoms with van der Waals surface area (Å²) >= 11 is 3.10. The number of phenols is 2. The van der Waals surface area contributed by atoms with Crippen molar-refractivity contribution in [2.24, 2.45) is 10.5 Å². The molecule has 0 spiro atoms. The Hall–Kier alpha value is -7.40. The maximum absolute atomic E-state index is 14.1. The van der Waals surface area contributed by atoms with Crippen molar-refractivity contribution in [1.29, 1.82) is 0 Å². The number of hydrazone groups is 1. The van der Waals surface area contributed by atoms with Gasteiger partial charge in [-0.25, -0.2) is 10.4 Å². The number of thiazole rings is 1. The highest BCUT2D eigenvalue weighted by molar-refractivity contribution is 7.23. The minimum Gasteiger partial charge on any atom is -0.508 e. The molecule has 0 aliphatic carbocycles. The lowest BCUT2D eigenvalue weighted by molar-refractivity contribution is -0.144. The molecular weight excluding hydrogens is 973 g/mol. The molecule has 4 amide bonds. The molecule has 74 heavy (non-hydrogen) atoms. The third-order valence-corrected chi connectivity index (χ3v) is 15.3. The molecule has 1 saturated heterocycles. The van der Waals surface area contributed by atoms with Crippen molar-refractivity contribution in [3.63, 3.8) is 0 Å². The van der Waals surface area contributed by atoms with Gasteiger partial charge in [0.1, 0.15) is 29.3 Å². The van der Waals surface area contributed by atoms with E-state index in [9.17, 15) is 34.5 Å². The van der Waals surface area contributed by atoms with Crippen LogP contribution in [0.2, 0.25) is 0 Å². The number of thiophene rings is 1. The second kappa shape index (κ2) is 23.6. The molecule has 0 saturated carbocycles. The molecule has 2 aromatic heterocycles. The molecule has 384 valence electrons. The van der Waals surface area contributed by atoms with E-state index in [0.29, 0.717) is 24.3 Å². The van der Waals surface area contributed by atoms with E-state index >= 15 is 0 Å². The van der Waals surface area contributed by atoms with Crippen LogP contribution in [0.5, 0.6) is 17.2 Å². The Morgan fingerprint density at radius 3 is 2.26 bits per heavy atom. The number of benzene rings is 5. The number of ether oxygens (including phenoxy) is 1. The average molecular weight is 1040 g/mol. The first-order valence-electron chi connectivity index (χ1n) is 24.8. The van der Waals surface area contributed by atoms with E-state index in [-0.39, 0.29) is 54.6 Å². The molecular formula is C58H62N6O8S2. The van der Waals surface area contributed by atoms with E-state index in [4.69, 9.17) is 4.74 Å². The van der Waals surface area contributed by atoms with Crippen molar-refractivity contribution < 1.29 is 39.2 Å². The molecule has 6 N–H and O–H groups in total. The van der Waals surface area contributed by atoms with Crippen molar-refractivity contribution in [2.75, 3.05) is 13.2 Å². The summed E-state index contributed by atoms with van der Waals surface area (Å²) in [4.78, 5) is 62.1. The van der Waals surface area contributed by atoms with Gasteiger partial charge >= 0.3 is 0 Å². The first kappa shape index (κ1) is 52.9. The first-order valence-corrected chi connectivity index (χ1v) is 26.5. The van der Waals surface area contributed by atoms with Gasteiger partial charge in [-0.3, -0.25) is 19.2 Å². The third kappa shape index (κ3) is 13.0. The van der Waals surface area contributed by atoms with Crippen LogP contribution in [0.1, 0.15) is 99.4 Å². The lowest BCUT2D eigenvalue weighted by Gasteiger charge is -2.35. The lowest BCUT2D eigenvalue weighted by Crippen LogP contribution is -2.57. The van der Waals surface area contributed by atoms with Gasteiger partial charge in [-0.05, 0) is 139 Å². The van der Waals surface area contributed by atoms with E-state index in [1.165, 1.54) is 16.2 Å². The second-order valence-corrected chi connectivity index (χ2v) is 21.7. The van der Waals surface area contributed by atoms with Gasteiger partial charge < -0.3 is 35.6 Å². The van der Waals surface area contributed by atoms with Gasteiger partial charge in [0.25, 0.3) is 5.91 Å². The van der Waals surface area contributed by atoms with Crippen LogP contribution >= 0.6 is 22.7 Å². The summed E-state index contributed by atoms with van der Waals surface area (Å²) in [6.07, 6.45) is 4.09. The van der Waals surface area contributed by atoms with Crippen molar-refractivity contribution in [2.45, 2.75) is 97.4 Å². The number of nitrogens with zero attached hydrogens (tertiary/aromatic N) is 3. The van der Waals surface area contributed by atoms with E-state index in [0.717, 1.165) is 78.2 Å². The monoisotopic (exact) mass is 1030 g/mol. The highest BCUT2D eigenvalue weighted by Crippen LogP contribution is 2.46. The predicted octanol–water partition coefficient (Wildman–Crippen LogP) is 10.5. The van der Waals surface area contributed by atoms with Crippen molar-refractivity contribution >= 4 is 62.6 Å². The fraction of sp³-hybridized carbons (Fsp3) is 0.310. The third-order valence-electron chi connectivity index (χ3n) is 13.1. The highest BCUT2D eigenvalue weighted by Gasteiger charge is 2.44. The number of carbonyl (C=O) groups is 4. The number of aromatic hydroxyl groups is 2. The minimum atomic E-state index is -0.894. The molecule has 0 bridgehead atoms. The number of phenolic OH excluding ortho intramolecular Hbond substituents is 2. The number of aromatic nitrogens is 1. The summed E-state index contributed by atoms with van der Waals surface area (Å²) < 4.78 is 6.85. The topological polar surface area (TPSA) is 203 Å². The summed E-state index contributed by atoms with van der Waals surface area (Å²) in [5.74, 6) is -0.348. The number of unbranched alkanes of at least 4 members (excludes halogenated alkanes) is 3. The number of likely N-dealkylation sites (tertiary alicyclic amines) is 1. The van der Waals surface area contributed by atoms with Gasteiger partial charge in [0.2, 0.25) is 17.7 Å². The SMILES string of the molecule is Cc1ncsc1-c1ccc(C(C)NC(=O)C2CC(O)CN2C(=O)C(NC(=O)CCCCCCOc2ccc(C=NNC(=O)c3cccc(-c4c(-c5ccc(O)cc5)sc5cc(O)ccc45)c3)cc2)C(C)(C)C)cc1. The quantitative estimate of drug-likeness (QED) is 0.0259. The van der Waals surface area contributed by atoms with E-state index in [1.807, 2.05) is 125 Å². The highest BCUT2D eigenvalue weighted by atomic mass is 32.1. The summed E-state index contributed by atoms with van der Waals surface area (Å²) in [5, 5.41) is 41.9. The number of nitrogens with one attached hydrogen (secondary N) is 3. The average Bonchev–Trinajstić information content (AvgIpc) is 4.11. The molecule has 0 radical (unpaired) electrons. The van der Waals surface area contributed by atoms with Crippen LogP contribution in [0.25, 0.3) is 42.1 Å². The Morgan fingerprint density at radius 2 is 1.54 bits per heavy atom. The Balaban J connectivity index is 0.755. The molecule has 8 rings (SSSR count). The van der Waals surface area contributed by atoms with E-state index in [2.05, 4.69) is 26.1 Å². The van der Waals surface area contributed by atoms with Crippen molar-refractivity contribution in [3.05, 3.63) is 143 Å². The second-order valence-electron chi connectivity index (χ2n) is 19.8. The number of aryl methyl sites for hydroxylation is 1. The maximum atomic E-state index is 14.1. The normalized spacial score (nSPS) is 15.5. The van der Waals surface area contributed by atoms with Crippen molar-refractivity contribution in [1.82, 2.24) is 25.9 Å². The number of fused-ring (bicyclic) bond motifs is 1. The summed E-state index contributed by atoms with van der Waals surface area (Å²) in [5.41, 5.74) is 10.5. The summed E-state index contributed by atoms with van der Waals surface area (Å²) in [7, 11) is 0. The van der Waals surface area contributed by atoms with E-state index < -0.39 is 29.5 Å². The number of hydrogen-bond acceptors (Lipinski definition) is 12. The van der Waals surface area contributed by atoms with Crippen LogP contribution in [-0.2, 0) is 14.4 Å². The molecule has 5 aromatic carbocycles. The van der Waals surface area contributed by atoms with Crippen LogP contribution in [0.15, 0.2) is 126 Å². The fourth-order valence-electron chi connectivity index (χ4n) is 9.06. The fourth-order valence-corrected chi connectivity index (χ4v) is 11.1. The molecule has 7 aromatic rings. The van der Waals surface area contributed by atoms with Gasteiger partial charge in [-0.15, -0.1) is 22.7 Å². The zero-order chi connectivity index (χ0) is 52.5. The first-order chi connectivity index (χ1) is 35.5.